The van der Waals surface area contributed by atoms with Gasteiger partial charge < -0.3 is 5.11 Å². The van der Waals surface area contributed by atoms with Crippen molar-refractivity contribution in [3.05, 3.63) is 43.7 Å². The third-order valence-corrected chi connectivity index (χ3v) is 4.83. The molecule has 0 saturated heterocycles. The van der Waals surface area contributed by atoms with Crippen molar-refractivity contribution in [2.45, 2.75) is 26.2 Å². The minimum Gasteiger partial charge on any atom is -0.476 e. The Morgan fingerprint density at radius 1 is 1.52 bits per heavy atom. The lowest BCUT2D eigenvalue weighted by Gasteiger charge is -2.20. The summed E-state index contributed by atoms with van der Waals surface area (Å²) in [7, 11) is 0. The molecule has 0 fully saturated rings. The molecule has 3 rings (SSSR count). The summed E-state index contributed by atoms with van der Waals surface area (Å²) in [6.07, 6.45) is 2.64. The van der Waals surface area contributed by atoms with Gasteiger partial charge in [0, 0.05) is 14.8 Å². The van der Waals surface area contributed by atoms with E-state index in [1.807, 2.05) is 18.2 Å². The van der Waals surface area contributed by atoms with E-state index < -0.39 is 5.97 Å². The molecule has 1 atom stereocenters. The van der Waals surface area contributed by atoms with Crippen molar-refractivity contribution in [2.24, 2.45) is 5.92 Å². The van der Waals surface area contributed by atoms with E-state index >= 15 is 0 Å². The first kappa shape index (κ1) is 14.8. The zero-order valence-electron chi connectivity index (χ0n) is 11.4. The highest BCUT2D eigenvalue weighted by Gasteiger charge is 2.28. The second-order valence-corrected chi connectivity index (χ2v) is 7.09. The zero-order chi connectivity index (χ0) is 15.1. The molecule has 4 nitrogen and oxygen atoms in total. The van der Waals surface area contributed by atoms with Gasteiger partial charge in [-0.2, -0.15) is 5.10 Å². The van der Waals surface area contributed by atoms with Crippen LogP contribution in [0.2, 0.25) is 5.02 Å². The maximum absolute atomic E-state index is 11.5. The van der Waals surface area contributed by atoms with Crippen molar-refractivity contribution in [3.8, 4) is 5.69 Å². The highest BCUT2D eigenvalue weighted by atomic mass is 127. The number of fused-ring (bicyclic) bond motifs is 1. The summed E-state index contributed by atoms with van der Waals surface area (Å²) in [5.74, 6) is -0.485. The van der Waals surface area contributed by atoms with E-state index in [1.165, 1.54) is 0 Å². The van der Waals surface area contributed by atoms with Crippen molar-refractivity contribution in [3.63, 3.8) is 0 Å². The standard InChI is InChI=1S/C15H14ClIN2O2/c1-8-2-4-12-10(6-8)14(15(20)21)18-19(12)13-5-3-9(17)7-11(13)16/h3,5,7-8H,2,4,6H2,1H3,(H,20,21). The SMILES string of the molecule is CC1CCc2c(c(C(=O)O)nn2-c2ccc(I)cc2Cl)C1. The summed E-state index contributed by atoms with van der Waals surface area (Å²) >= 11 is 8.51. The van der Waals surface area contributed by atoms with Gasteiger partial charge in [0.15, 0.2) is 5.69 Å². The Morgan fingerprint density at radius 3 is 2.95 bits per heavy atom. The monoisotopic (exact) mass is 416 g/mol. The van der Waals surface area contributed by atoms with Gasteiger partial charge in [0.2, 0.25) is 0 Å². The summed E-state index contributed by atoms with van der Waals surface area (Å²) in [6.45, 7) is 2.14. The molecule has 110 valence electrons. The second-order valence-electron chi connectivity index (χ2n) is 5.43. The van der Waals surface area contributed by atoms with Crippen LogP contribution in [0.4, 0.5) is 0 Å². The molecule has 1 N–H and O–H groups in total. The van der Waals surface area contributed by atoms with E-state index in [0.717, 1.165) is 39.8 Å². The Morgan fingerprint density at radius 2 is 2.29 bits per heavy atom. The lowest BCUT2D eigenvalue weighted by atomic mass is 9.87. The number of rotatable bonds is 2. The number of hydrogen-bond donors (Lipinski definition) is 1. The smallest absolute Gasteiger partial charge is 0.356 e. The average molecular weight is 417 g/mol. The van der Waals surface area contributed by atoms with E-state index in [0.29, 0.717) is 10.9 Å². The largest absolute Gasteiger partial charge is 0.476 e. The van der Waals surface area contributed by atoms with Crippen LogP contribution < -0.4 is 0 Å². The van der Waals surface area contributed by atoms with Gasteiger partial charge in [-0.3, -0.25) is 0 Å². The molecule has 21 heavy (non-hydrogen) atoms. The van der Waals surface area contributed by atoms with Crippen LogP contribution in [0.1, 0.15) is 35.1 Å². The molecule has 2 aromatic rings. The molecule has 0 aliphatic heterocycles. The van der Waals surface area contributed by atoms with E-state index in [1.54, 1.807) is 4.68 Å². The molecule has 0 radical (unpaired) electrons. The number of carboxylic acid groups (broad SMARTS) is 1. The third-order valence-electron chi connectivity index (χ3n) is 3.86. The van der Waals surface area contributed by atoms with Gasteiger partial charge in [0.25, 0.3) is 0 Å². The summed E-state index contributed by atoms with van der Waals surface area (Å²) in [5.41, 5.74) is 2.74. The summed E-state index contributed by atoms with van der Waals surface area (Å²) in [5, 5.41) is 14.3. The minimum absolute atomic E-state index is 0.158. The Hall–Kier alpha value is -1.08. The molecule has 0 amide bonds. The van der Waals surface area contributed by atoms with Crippen molar-refractivity contribution < 1.29 is 9.90 Å². The fraction of sp³-hybridized carbons (Fsp3) is 0.333. The van der Waals surface area contributed by atoms with Crippen LogP contribution in [0, 0.1) is 9.49 Å². The van der Waals surface area contributed by atoms with Crippen LogP contribution >= 0.6 is 34.2 Å². The maximum atomic E-state index is 11.5. The molecule has 0 spiro atoms. The predicted molar refractivity (Wildman–Crippen MR) is 89.4 cm³/mol. The minimum atomic E-state index is -0.972. The number of nitrogens with zero attached hydrogens (tertiary/aromatic N) is 2. The summed E-state index contributed by atoms with van der Waals surface area (Å²) < 4.78 is 2.75. The van der Waals surface area contributed by atoms with Crippen molar-refractivity contribution in [1.82, 2.24) is 9.78 Å². The fourth-order valence-electron chi connectivity index (χ4n) is 2.81. The molecule has 1 unspecified atom stereocenters. The number of aromatic carboxylic acids is 1. The summed E-state index contributed by atoms with van der Waals surface area (Å²) in [4.78, 5) is 11.5. The average Bonchev–Trinajstić information content (AvgIpc) is 2.77. The van der Waals surface area contributed by atoms with Crippen LogP contribution in [0.5, 0.6) is 0 Å². The molecule has 1 aromatic carbocycles. The topological polar surface area (TPSA) is 55.1 Å². The van der Waals surface area contributed by atoms with Crippen LogP contribution in [0.25, 0.3) is 5.69 Å². The fourth-order valence-corrected chi connectivity index (χ4v) is 3.75. The van der Waals surface area contributed by atoms with Crippen molar-refractivity contribution >= 4 is 40.2 Å². The molecule has 6 heteroatoms. The van der Waals surface area contributed by atoms with Gasteiger partial charge in [0.05, 0.1) is 10.7 Å². The van der Waals surface area contributed by atoms with Crippen molar-refractivity contribution in [1.29, 1.82) is 0 Å². The maximum Gasteiger partial charge on any atom is 0.356 e. The molecular weight excluding hydrogens is 403 g/mol. The van der Waals surface area contributed by atoms with Gasteiger partial charge in [-0.25, -0.2) is 9.48 Å². The third kappa shape index (κ3) is 2.68. The quantitative estimate of drug-likeness (QED) is 0.754. The first-order valence-corrected chi connectivity index (χ1v) is 8.22. The van der Waals surface area contributed by atoms with Gasteiger partial charge in [-0.05, 0) is 66.0 Å². The molecule has 0 saturated carbocycles. The number of carboxylic acids is 1. The number of hydrogen-bond acceptors (Lipinski definition) is 2. The zero-order valence-corrected chi connectivity index (χ0v) is 14.3. The normalized spacial score (nSPS) is 17.6. The number of halogens is 2. The van der Waals surface area contributed by atoms with E-state index in [-0.39, 0.29) is 5.69 Å². The van der Waals surface area contributed by atoms with Crippen LogP contribution in [-0.4, -0.2) is 20.9 Å². The summed E-state index contributed by atoms with van der Waals surface area (Å²) in [6, 6.07) is 5.69. The number of benzene rings is 1. The van der Waals surface area contributed by atoms with Crippen molar-refractivity contribution in [2.75, 3.05) is 0 Å². The Labute approximate surface area is 141 Å². The highest BCUT2D eigenvalue weighted by Crippen LogP contribution is 2.32. The first-order valence-electron chi connectivity index (χ1n) is 6.77. The number of aromatic nitrogens is 2. The van der Waals surface area contributed by atoms with Crippen LogP contribution in [0.15, 0.2) is 18.2 Å². The molecule has 0 bridgehead atoms. The predicted octanol–water partition coefficient (Wildman–Crippen LogP) is 3.95. The van der Waals surface area contributed by atoms with Gasteiger partial charge in [-0.1, -0.05) is 18.5 Å². The lowest BCUT2D eigenvalue weighted by Crippen LogP contribution is -2.14. The Bertz CT molecular complexity index is 727. The molecular formula is C15H14ClIN2O2. The molecule has 1 heterocycles. The van der Waals surface area contributed by atoms with Crippen LogP contribution in [-0.2, 0) is 12.8 Å². The number of carbonyl (C=O) groups is 1. The van der Waals surface area contributed by atoms with E-state index in [9.17, 15) is 9.90 Å². The Kier molecular flexibility index (Phi) is 3.96. The van der Waals surface area contributed by atoms with E-state index in [4.69, 9.17) is 11.6 Å². The van der Waals surface area contributed by atoms with E-state index in [2.05, 4.69) is 34.6 Å². The van der Waals surface area contributed by atoms with Gasteiger partial charge in [0.1, 0.15) is 0 Å². The molecule has 1 aromatic heterocycles. The second kappa shape index (κ2) is 5.61. The Balaban J connectivity index is 2.19. The highest BCUT2D eigenvalue weighted by molar-refractivity contribution is 14.1. The van der Waals surface area contributed by atoms with Crippen LogP contribution in [0.3, 0.4) is 0 Å². The molecule has 1 aliphatic rings. The molecule has 1 aliphatic carbocycles. The lowest BCUT2D eigenvalue weighted by molar-refractivity contribution is 0.0688. The first-order chi connectivity index (χ1) is 9.97. The van der Waals surface area contributed by atoms with Gasteiger partial charge >= 0.3 is 5.97 Å². The van der Waals surface area contributed by atoms with Gasteiger partial charge in [-0.15, -0.1) is 0 Å².